The molecule has 0 aliphatic heterocycles. The van der Waals surface area contributed by atoms with E-state index in [4.69, 9.17) is 4.42 Å². The molecule has 0 aliphatic carbocycles. The van der Waals surface area contributed by atoms with E-state index in [0.717, 1.165) is 17.3 Å². The number of alkyl halides is 3. The quantitative estimate of drug-likeness (QED) is 0.367. The van der Waals surface area contributed by atoms with Crippen molar-refractivity contribution >= 4 is 11.8 Å². The number of furan rings is 1. The second-order valence-electron chi connectivity index (χ2n) is 6.40. The zero-order chi connectivity index (χ0) is 20.4. The molecule has 148 valence electrons. The van der Waals surface area contributed by atoms with Crippen LogP contribution >= 0.6 is 11.8 Å². The molecule has 4 nitrogen and oxygen atoms in total. The number of nitrogens with zero attached hydrogens (tertiary/aromatic N) is 3. The highest BCUT2D eigenvalue weighted by Crippen LogP contribution is 2.36. The van der Waals surface area contributed by atoms with Crippen molar-refractivity contribution in [2.75, 3.05) is 0 Å². The number of aromatic nitrogens is 3. The first-order chi connectivity index (χ1) is 13.9. The van der Waals surface area contributed by atoms with Gasteiger partial charge in [0.15, 0.2) is 10.9 Å². The summed E-state index contributed by atoms with van der Waals surface area (Å²) in [6, 6.07) is 16.8. The third kappa shape index (κ3) is 4.07. The van der Waals surface area contributed by atoms with E-state index >= 15 is 0 Å². The standard InChI is InChI=1S/C21H16F3N3OS/c1-14-6-4-8-16(12-14)27-19(18-10-5-11-28-18)25-26-20(27)29-13-15-7-2-3-9-17(15)21(22,23)24/h2-12H,13H2,1H3. The van der Waals surface area contributed by atoms with Crippen molar-refractivity contribution < 1.29 is 17.6 Å². The Bertz CT molecular complexity index is 1120. The average Bonchev–Trinajstić information content (AvgIpc) is 3.35. The first-order valence-electron chi connectivity index (χ1n) is 8.78. The molecule has 0 spiro atoms. The number of rotatable bonds is 5. The fourth-order valence-electron chi connectivity index (χ4n) is 2.99. The maximum absolute atomic E-state index is 13.3. The maximum Gasteiger partial charge on any atom is 0.416 e. The first kappa shape index (κ1) is 19.3. The van der Waals surface area contributed by atoms with Gasteiger partial charge in [0.05, 0.1) is 17.5 Å². The van der Waals surface area contributed by atoms with Crippen LogP contribution in [0.4, 0.5) is 13.2 Å². The molecule has 0 saturated carbocycles. The van der Waals surface area contributed by atoms with Gasteiger partial charge in [-0.05, 0) is 48.4 Å². The number of benzene rings is 2. The topological polar surface area (TPSA) is 43.9 Å². The van der Waals surface area contributed by atoms with Crippen molar-refractivity contribution in [2.45, 2.75) is 24.0 Å². The molecule has 0 fully saturated rings. The monoisotopic (exact) mass is 415 g/mol. The number of halogens is 3. The van der Waals surface area contributed by atoms with Crippen molar-refractivity contribution in [3.05, 3.63) is 83.6 Å². The van der Waals surface area contributed by atoms with Gasteiger partial charge in [-0.3, -0.25) is 4.57 Å². The van der Waals surface area contributed by atoms with Crippen LogP contribution in [0.3, 0.4) is 0 Å². The lowest BCUT2D eigenvalue weighted by Crippen LogP contribution is -2.08. The molecule has 29 heavy (non-hydrogen) atoms. The molecular weight excluding hydrogens is 399 g/mol. The van der Waals surface area contributed by atoms with Gasteiger partial charge >= 0.3 is 6.18 Å². The van der Waals surface area contributed by atoms with Gasteiger partial charge < -0.3 is 4.42 Å². The Kier molecular flexibility index (Phi) is 5.19. The summed E-state index contributed by atoms with van der Waals surface area (Å²) in [5, 5.41) is 8.93. The summed E-state index contributed by atoms with van der Waals surface area (Å²) in [7, 11) is 0. The number of hydrogen-bond acceptors (Lipinski definition) is 4. The van der Waals surface area contributed by atoms with E-state index in [1.807, 2.05) is 31.2 Å². The lowest BCUT2D eigenvalue weighted by Gasteiger charge is -2.13. The van der Waals surface area contributed by atoms with Gasteiger partial charge in [0.1, 0.15) is 0 Å². The smallest absolute Gasteiger partial charge is 0.416 e. The first-order valence-corrected chi connectivity index (χ1v) is 9.76. The Morgan fingerprint density at radius 1 is 1.00 bits per heavy atom. The van der Waals surface area contributed by atoms with E-state index in [9.17, 15) is 13.2 Å². The molecule has 0 aliphatic rings. The predicted octanol–water partition coefficient (Wildman–Crippen LogP) is 6.15. The Morgan fingerprint density at radius 2 is 1.83 bits per heavy atom. The van der Waals surface area contributed by atoms with Gasteiger partial charge in [0.25, 0.3) is 0 Å². The molecule has 0 N–H and O–H groups in total. The van der Waals surface area contributed by atoms with E-state index in [1.54, 1.807) is 22.8 Å². The van der Waals surface area contributed by atoms with Gasteiger partial charge in [0.2, 0.25) is 5.82 Å². The van der Waals surface area contributed by atoms with Gasteiger partial charge in [-0.2, -0.15) is 13.2 Å². The van der Waals surface area contributed by atoms with Crippen molar-refractivity contribution in [1.82, 2.24) is 14.8 Å². The third-order valence-electron chi connectivity index (χ3n) is 4.31. The Hall–Kier alpha value is -3.00. The zero-order valence-electron chi connectivity index (χ0n) is 15.3. The number of aryl methyl sites for hydroxylation is 1. The molecule has 0 bridgehead atoms. The molecule has 8 heteroatoms. The highest BCUT2D eigenvalue weighted by atomic mass is 32.2. The molecule has 0 unspecified atom stereocenters. The maximum atomic E-state index is 13.3. The summed E-state index contributed by atoms with van der Waals surface area (Å²) in [4.78, 5) is 0. The van der Waals surface area contributed by atoms with Gasteiger partial charge in [-0.1, -0.05) is 42.1 Å². The zero-order valence-corrected chi connectivity index (χ0v) is 16.2. The third-order valence-corrected chi connectivity index (χ3v) is 5.29. The minimum atomic E-state index is -4.40. The van der Waals surface area contributed by atoms with E-state index in [0.29, 0.717) is 16.7 Å². The van der Waals surface area contributed by atoms with Crippen LogP contribution in [0.25, 0.3) is 17.3 Å². The van der Waals surface area contributed by atoms with Crippen LogP contribution in [0.5, 0.6) is 0 Å². The number of hydrogen-bond donors (Lipinski definition) is 0. The molecule has 0 atom stereocenters. The largest absolute Gasteiger partial charge is 0.461 e. The lowest BCUT2D eigenvalue weighted by atomic mass is 10.1. The van der Waals surface area contributed by atoms with E-state index in [1.165, 1.54) is 30.2 Å². The van der Waals surface area contributed by atoms with Gasteiger partial charge in [0, 0.05) is 5.75 Å². The van der Waals surface area contributed by atoms with Crippen LogP contribution in [0, 0.1) is 6.92 Å². The molecular formula is C21H16F3N3OS. The van der Waals surface area contributed by atoms with Crippen molar-refractivity contribution in [3.63, 3.8) is 0 Å². The van der Waals surface area contributed by atoms with Crippen LogP contribution in [-0.4, -0.2) is 14.8 Å². The van der Waals surface area contributed by atoms with Crippen molar-refractivity contribution in [2.24, 2.45) is 0 Å². The van der Waals surface area contributed by atoms with E-state index in [2.05, 4.69) is 10.2 Å². The Morgan fingerprint density at radius 3 is 2.55 bits per heavy atom. The normalized spacial score (nSPS) is 11.7. The van der Waals surface area contributed by atoms with E-state index in [-0.39, 0.29) is 11.3 Å². The minimum absolute atomic E-state index is 0.109. The second-order valence-corrected chi connectivity index (χ2v) is 7.34. The lowest BCUT2D eigenvalue weighted by molar-refractivity contribution is -0.138. The Labute approximate surface area is 169 Å². The highest BCUT2D eigenvalue weighted by Gasteiger charge is 2.33. The fourth-order valence-corrected chi connectivity index (χ4v) is 3.95. The molecule has 0 saturated heterocycles. The summed E-state index contributed by atoms with van der Waals surface area (Å²) >= 11 is 1.20. The minimum Gasteiger partial charge on any atom is -0.461 e. The van der Waals surface area contributed by atoms with Crippen molar-refractivity contribution in [1.29, 1.82) is 0 Å². The van der Waals surface area contributed by atoms with Gasteiger partial charge in [-0.25, -0.2) is 0 Å². The average molecular weight is 415 g/mol. The van der Waals surface area contributed by atoms with Gasteiger partial charge in [-0.15, -0.1) is 10.2 Å². The molecule has 2 heterocycles. The molecule has 4 rings (SSSR count). The van der Waals surface area contributed by atoms with Crippen LogP contribution in [0.2, 0.25) is 0 Å². The van der Waals surface area contributed by atoms with Crippen LogP contribution in [0.15, 0.2) is 76.5 Å². The molecule has 4 aromatic rings. The predicted molar refractivity (Wildman–Crippen MR) is 105 cm³/mol. The molecule has 0 amide bonds. The second kappa shape index (κ2) is 7.79. The summed E-state index contributed by atoms with van der Waals surface area (Å²) in [5.74, 6) is 1.13. The summed E-state index contributed by atoms with van der Waals surface area (Å²) < 4.78 is 47.2. The van der Waals surface area contributed by atoms with E-state index < -0.39 is 11.7 Å². The Balaban J connectivity index is 1.72. The summed E-state index contributed by atoms with van der Waals surface area (Å²) in [5.41, 5.74) is 1.41. The highest BCUT2D eigenvalue weighted by molar-refractivity contribution is 7.98. The van der Waals surface area contributed by atoms with Crippen LogP contribution in [0.1, 0.15) is 16.7 Å². The molecule has 0 radical (unpaired) electrons. The number of thioether (sulfide) groups is 1. The van der Waals surface area contributed by atoms with Crippen molar-refractivity contribution in [3.8, 4) is 17.3 Å². The molecule has 2 aromatic carbocycles. The summed E-state index contributed by atoms with van der Waals surface area (Å²) in [6.45, 7) is 1.97. The van der Waals surface area contributed by atoms with Crippen LogP contribution < -0.4 is 0 Å². The fraction of sp³-hybridized carbons (Fsp3) is 0.143. The SMILES string of the molecule is Cc1cccc(-n2c(SCc3ccccc3C(F)(F)F)nnc2-c2ccco2)c1. The van der Waals surface area contributed by atoms with Crippen LogP contribution in [-0.2, 0) is 11.9 Å². The molecule has 2 aromatic heterocycles. The summed E-state index contributed by atoms with van der Waals surface area (Å²) in [6.07, 6.45) is -2.86.